The van der Waals surface area contributed by atoms with Crippen LogP contribution in [0.15, 0.2) is 49.0 Å². The first-order valence-corrected chi connectivity index (χ1v) is 8.45. The SMILES string of the molecule is C=C1c2ccccc2C(=O)N1CC(=O)Nc1ccc2c(c1)NC(=O)[C@H](C)O2. The fourth-order valence-corrected chi connectivity index (χ4v) is 3.13. The number of ether oxygens (including phenoxy) is 1. The third-order valence-corrected chi connectivity index (χ3v) is 4.54. The van der Waals surface area contributed by atoms with Gasteiger partial charge < -0.3 is 15.4 Å². The minimum atomic E-state index is -0.563. The van der Waals surface area contributed by atoms with E-state index < -0.39 is 6.10 Å². The summed E-state index contributed by atoms with van der Waals surface area (Å²) in [5.74, 6) is -0.319. The van der Waals surface area contributed by atoms with Crippen molar-refractivity contribution in [2.45, 2.75) is 13.0 Å². The fraction of sp³-hybridized carbons (Fsp3) is 0.150. The minimum absolute atomic E-state index is 0.149. The lowest BCUT2D eigenvalue weighted by molar-refractivity contribution is -0.122. The van der Waals surface area contributed by atoms with Gasteiger partial charge in [-0.2, -0.15) is 0 Å². The molecule has 1 atom stereocenters. The number of benzene rings is 2. The van der Waals surface area contributed by atoms with Crippen LogP contribution < -0.4 is 15.4 Å². The number of nitrogens with zero attached hydrogens (tertiary/aromatic N) is 1. The predicted octanol–water partition coefficient (Wildman–Crippen LogP) is 2.47. The van der Waals surface area contributed by atoms with Crippen LogP contribution >= 0.6 is 0 Å². The van der Waals surface area contributed by atoms with E-state index in [1.54, 1.807) is 43.3 Å². The van der Waals surface area contributed by atoms with Crippen LogP contribution in [0.4, 0.5) is 11.4 Å². The highest BCUT2D eigenvalue weighted by atomic mass is 16.5. The Hall–Kier alpha value is -3.61. The molecule has 0 aliphatic carbocycles. The molecule has 4 rings (SSSR count). The van der Waals surface area contributed by atoms with Gasteiger partial charge in [0, 0.05) is 22.5 Å². The summed E-state index contributed by atoms with van der Waals surface area (Å²) in [7, 11) is 0. The van der Waals surface area contributed by atoms with Gasteiger partial charge in [0.2, 0.25) is 5.91 Å². The highest BCUT2D eigenvalue weighted by Crippen LogP contribution is 2.33. The van der Waals surface area contributed by atoms with Crippen molar-refractivity contribution in [1.82, 2.24) is 4.90 Å². The van der Waals surface area contributed by atoms with Gasteiger partial charge in [0.25, 0.3) is 11.8 Å². The molecule has 3 amide bonds. The molecule has 7 nitrogen and oxygen atoms in total. The van der Waals surface area contributed by atoms with Crippen LogP contribution in [0.2, 0.25) is 0 Å². The minimum Gasteiger partial charge on any atom is -0.479 e. The molecule has 7 heteroatoms. The van der Waals surface area contributed by atoms with Crippen molar-refractivity contribution in [3.63, 3.8) is 0 Å². The molecule has 0 saturated heterocycles. The van der Waals surface area contributed by atoms with Crippen LogP contribution in [0.3, 0.4) is 0 Å². The third kappa shape index (κ3) is 2.93. The highest BCUT2D eigenvalue weighted by molar-refractivity contribution is 6.11. The van der Waals surface area contributed by atoms with Crippen molar-refractivity contribution in [3.05, 3.63) is 60.2 Å². The maximum absolute atomic E-state index is 12.5. The first kappa shape index (κ1) is 16.8. The van der Waals surface area contributed by atoms with Gasteiger partial charge in [-0.1, -0.05) is 24.8 Å². The van der Waals surface area contributed by atoms with Crippen LogP contribution in [-0.4, -0.2) is 35.3 Å². The quantitative estimate of drug-likeness (QED) is 0.877. The van der Waals surface area contributed by atoms with E-state index in [0.717, 1.165) is 5.56 Å². The zero-order chi connectivity index (χ0) is 19.1. The molecule has 0 spiro atoms. The lowest BCUT2D eigenvalue weighted by atomic mass is 10.1. The summed E-state index contributed by atoms with van der Waals surface area (Å²) < 4.78 is 5.49. The van der Waals surface area contributed by atoms with Crippen LogP contribution in [0, 0.1) is 0 Å². The molecule has 0 fully saturated rings. The number of carbonyl (C=O) groups excluding carboxylic acids is 3. The zero-order valence-corrected chi connectivity index (χ0v) is 14.6. The molecule has 2 aliphatic rings. The first-order valence-electron chi connectivity index (χ1n) is 8.45. The van der Waals surface area contributed by atoms with Gasteiger partial charge in [0.1, 0.15) is 12.3 Å². The molecule has 2 heterocycles. The van der Waals surface area contributed by atoms with Crippen LogP contribution in [-0.2, 0) is 9.59 Å². The van der Waals surface area contributed by atoms with E-state index in [0.29, 0.717) is 28.4 Å². The second-order valence-corrected chi connectivity index (χ2v) is 6.39. The molecule has 2 N–H and O–H groups in total. The van der Waals surface area contributed by atoms with Crippen molar-refractivity contribution >= 4 is 34.8 Å². The molecular formula is C20H17N3O4. The average Bonchev–Trinajstić information content (AvgIpc) is 2.88. The molecule has 0 unspecified atom stereocenters. The molecule has 0 bridgehead atoms. The molecule has 0 aromatic heterocycles. The summed E-state index contributed by atoms with van der Waals surface area (Å²) in [6.07, 6.45) is -0.563. The number of carbonyl (C=O) groups is 3. The molecule has 27 heavy (non-hydrogen) atoms. The standard InChI is InChI=1S/C20H17N3O4/c1-11-14-5-3-4-6-15(14)20(26)23(11)10-18(24)21-13-7-8-17-16(9-13)22-19(25)12(2)27-17/h3-9,12H,1,10H2,2H3,(H,21,24)(H,22,25)/t12-/m0/s1. The number of anilines is 2. The lowest BCUT2D eigenvalue weighted by Crippen LogP contribution is -2.34. The maximum atomic E-state index is 12.5. The van der Waals surface area contributed by atoms with E-state index in [1.165, 1.54) is 4.90 Å². The Morgan fingerprint density at radius 2 is 1.96 bits per heavy atom. The van der Waals surface area contributed by atoms with E-state index in [-0.39, 0.29) is 24.3 Å². The summed E-state index contributed by atoms with van der Waals surface area (Å²) in [5.41, 5.74) is 2.76. The predicted molar refractivity (Wildman–Crippen MR) is 100 cm³/mol. The van der Waals surface area contributed by atoms with E-state index in [9.17, 15) is 14.4 Å². The molecule has 2 aliphatic heterocycles. The number of hydrogen-bond acceptors (Lipinski definition) is 4. The van der Waals surface area contributed by atoms with E-state index >= 15 is 0 Å². The van der Waals surface area contributed by atoms with Crippen LogP contribution in [0.25, 0.3) is 5.70 Å². The number of amides is 3. The average molecular weight is 363 g/mol. The Morgan fingerprint density at radius 1 is 1.22 bits per heavy atom. The third-order valence-electron chi connectivity index (χ3n) is 4.54. The van der Waals surface area contributed by atoms with Gasteiger partial charge in [0.05, 0.1) is 5.69 Å². The number of fused-ring (bicyclic) bond motifs is 2. The fourth-order valence-electron chi connectivity index (χ4n) is 3.13. The van der Waals surface area contributed by atoms with E-state index in [4.69, 9.17) is 4.74 Å². The second-order valence-electron chi connectivity index (χ2n) is 6.39. The highest BCUT2D eigenvalue weighted by Gasteiger charge is 2.32. The van der Waals surface area contributed by atoms with Crippen molar-refractivity contribution in [2.75, 3.05) is 17.2 Å². The lowest BCUT2D eigenvalue weighted by Gasteiger charge is -2.24. The van der Waals surface area contributed by atoms with Gasteiger partial charge in [-0.3, -0.25) is 19.3 Å². The van der Waals surface area contributed by atoms with Gasteiger partial charge in [-0.15, -0.1) is 0 Å². The Labute approximate surface area is 155 Å². The van der Waals surface area contributed by atoms with Crippen LogP contribution in [0.1, 0.15) is 22.8 Å². The Kier molecular flexibility index (Phi) is 3.92. The van der Waals surface area contributed by atoms with Gasteiger partial charge in [-0.25, -0.2) is 0 Å². The summed E-state index contributed by atoms with van der Waals surface area (Å²) in [6.45, 7) is 5.43. The first-order chi connectivity index (χ1) is 12.9. The topological polar surface area (TPSA) is 87.7 Å². The van der Waals surface area contributed by atoms with Crippen molar-refractivity contribution < 1.29 is 19.1 Å². The normalized spacial score (nSPS) is 17.7. The van der Waals surface area contributed by atoms with Crippen LogP contribution in [0.5, 0.6) is 5.75 Å². The zero-order valence-electron chi connectivity index (χ0n) is 14.6. The van der Waals surface area contributed by atoms with Gasteiger partial charge in [0.15, 0.2) is 6.10 Å². The summed E-state index contributed by atoms with van der Waals surface area (Å²) in [6, 6.07) is 12.1. The molecule has 2 aromatic rings. The number of nitrogens with one attached hydrogen (secondary N) is 2. The Bertz CT molecular complexity index is 963. The Morgan fingerprint density at radius 3 is 2.70 bits per heavy atom. The van der Waals surface area contributed by atoms with Gasteiger partial charge in [-0.05, 0) is 31.2 Å². The molecule has 0 saturated carbocycles. The van der Waals surface area contributed by atoms with Crippen molar-refractivity contribution in [3.8, 4) is 5.75 Å². The smallest absolute Gasteiger partial charge is 0.265 e. The molecule has 2 aromatic carbocycles. The van der Waals surface area contributed by atoms with Gasteiger partial charge >= 0.3 is 0 Å². The Balaban J connectivity index is 1.47. The molecular weight excluding hydrogens is 346 g/mol. The monoisotopic (exact) mass is 363 g/mol. The van der Waals surface area contributed by atoms with E-state index in [1.807, 2.05) is 6.07 Å². The largest absolute Gasteiger partial charge is 0.479 e. The summed E-state index contributed by atoms with van der Waals surface area (Å²) in [4.78, 5) is 38.0. The number of hydrogen-bond donors (Lipinski definition) is 2. The molecule has 0 radical (unpaired) electrons. The molecule has 136 valence electrons. The van der Waals surface area contributed by atoms with Crippen molar-refractivity contribution in [2.24, 2.45) is 0 Å². The summed E-state index contributed by atoms with van der Waals surface area (Å²) >= 11 is 0. The van der Waals surface area contributed by atoms with E-state index in [2.05, 4.69) is 17.2 Å². The number of rotatable bonds is 3. The maximum Gasteiger partial charge on any atom is 0.265 e. The van der Waals surface area contributed by atoms with Crippen molar-refractivity contribution in [1.29, 1.82) is 0 Å². The summed E-state index contributed by atoms with van der Waals surface area (Å²) in [5, 5.41) is 5.46. The second kappa shape index (κ2) is 6.28.